The molecule has 92 valence electrons. The summed E-state index contributed by atoms with van der Waals surface area (Å²) in [4.78, 5) is 15.9. The highest BCUT2D eigenvalue weighted by Crippen LogP contribution is 2.34. The van der Waals surface area contributed by atoms with Crippen molar-refractivity contribution in [2.45, 2.75) is 13.3 Å². The van der Waals surface area contributed by atoms with Crippen LogP contribution in [0.25, 0.3) is 10.6 Å². The second-order valence-electron chi connectivity index (χ2n) is 4.28. The topological polar surface area (TPSA) is 54.0 Å². The summed E-state index contributed by atoms with van der Waals surface area (Å²) in [7, 11) is 1.90. The molecule has 0 atom stereocenters. The number of thiazole rings is 1. The number of hydrogen-bond acceptors (Lipinski definition) is 4. The smallest absolute Gasteiger partial charge is 0.228 e. The fourth-order valence-corrected chi connectivity index (χ4v) is 3.03. The third kappa shape index (κ3) is 1.76. The van der Waals surface area contributed by atoms with Gasteiger partial charge in [-0.15, -0.1) is 0 Å². The van der Waals surface area contributed by atoms with Crippen molar-refractivity contribution in [1.82, 2.24) is 4.98 Å². The minimum absolute atomic E-state index is 0.0633. The molecule has 0 bridgehead atoms. The van der Waals surface area contributed by atoms with E-state index in [1.165, 1.54) is 0 Å². The zero-order valence-corrected chi connectivity index (χ0v) is 11.0. The zero-order chi connectivity index (χ0) is 12.7. The van der Waals surface area contributed by atoms with Gasteiger partial charge < -0.3 is 10.6 Å². The highest BCUT2D eigenvalue weighted by molar-refractivity contribution is 7.19. The van der Waals surface area contributed by atoms with Crippen molar-refractivity contribution < 1.29 is 4.79 Å². The number of anilines is 2. The Kier molecular flexibility index (Phi) is 2.56. The van der Waals surface area contributed by atoms with Crippen molar-refractivity contribution in [2.75, 3.05) is 17.7 Å². The van der Waals surface area contributed by atoms with Crippen molar-refractivity contribution in [3.8, 4) is 10.6 Å². The van der Waals surface area contributed by atoms with Gasteiger partial charge in [-0.1, -0.05) is 11.3 Å². The summed E-state index contributed by atoms with van der Waals surface area (Å²) < 4.78 is 0. The number of nitrogens with one attached hydrogen (secondary N) is 2. The Balaban J connectivity index is 2.02. The molecular formula is C13H13N3OS. The standard InChI is InChI=1S/C13H13N3OS/c1-7-12(14-2)18-13(15-7)8-3-4-10-9(5-8)6-11(17)16-10/h3-5,14H,6H2,1-2H3,(H,16,17). The maximum atomic E-state index is 11.3. The summed E-state index contributed by atoms with van der Waals surface area (Å²) in [5.41, 5.74) is 4.05. The van der Waals surface area contributed by atoms with Crippen LogP contribution in [0.15, 0.2) is 18.2 Å². The Morgan fingerprint density at radius 1 is 1.44 bits per heavy atom. The minimum atomic E-state index is 0.0633. The molecule has 0 unspecified atom stereocenters. The second kappa shape index (κ2) is 4.10. The SMILES string of the molecule is CNc1sc(-c2ccc3c(c2)CC(=O)N3)nc1C. The van der Waals surface area contributed by atoms with Crippen LogP contribution in [0.1, 0.15) is 11.3 Å². The van der Waals surface area contributed by atoms with E-state index in [4.69, 9.17) is 0 Å². The van der Waals surface area contributed by atoms with Gasteiger partial charge in [0.1, 0.15) is 10.0 Å². The molecule has 5 heteroatoms. The van der Waals surface area contributed by atoms with E-state index in [1.807, 2.05) is 32.2 Å². The van der Waals surface area contributed by atoms with Gasteiger partial charge in [0.05, 0.1) is 12.1 Å². The first kappa shape index (κ1) is 11.2. The van der Waals surface area contributed by atoms with Crippen molar-refractivity contribution in [1.29, 1.82) is 0 Å². The van der Waals surface area contributed by atoms with Crippen LogP contribution in [-0.2, 0) is 11.2 Å². The Morgan fingerprint density at radius 3 is 3.00 bits per heavy atom. The Labute approximate surface area is 109 Å². The Bertz CT molecular complexity index is 633. The first-order chi connectivity index (χ1) is 8.67. The molecule has 1 aliphatic rings. The molecule has 0 radical (unpaired) electrons. The van der Waals surface area contributed by atoms with Gasteiger partial charge >= 0.3 is 0 Å². The number of amides is 1. The normalized spacial score (nSPS) is 13.3. The van der Waals surface area contributed by atoms with E-state index in [9.17, 15) is 4.79 Å². The molecule has 0 saturated heterocycles. The maximum Gasteiger partial charge on any atom is 0.228 e. The molecule has 1 aromatic carbocycles. The summed E-state index contributed by atoms with van der Waals surface area (Å²) in [5.74, 6) is 0.0633. The number of fused-ring (bicyclic) bond motifs is 1. The molecular weight excluding hydrogens is 246 g/mol. The molecule has 2 heterocycles. The van der Waals surface area contributed by atoms with E-state index in [-0.39, 0.29) is 5.91 Å². The fourth-order valence-electron chi connectivity index (χ4n) is 2.11. The second-order valence-corrected chi connectivity index (χ2v) is 5.28. The molecule has 2 N–H and O–H groups in total. The number of rotatable bonds is 2. The lowest BCUT2D eigenvalue weighted by atomic mass is 10.1. The molecule has 3 rings (SSSR count). The molecule has 1 aliphatic heterocycles. The number of aryl methyl sites for hydroxylation is 1. The molecule has 0 saturated carbocycles. The van der Waals surface area contributed by atoms with E-state index in [0.29, 0.717) is 6.42 Å². The summed E-state index contributed by atoms with van der Waals surface area (Å²) in [6, 6.07) is 6.00. The highest BCUT2D eigenvalue weighted by atomic mass is 32.1. The van der Waals surface area contributed by atoms with Crippen LogP contribution < -0.4 is 10.6 Å². The van der Waals surface area contributed by atoms with Gasteiger partial charge in [-0.2, -0.15) is 0 Å². The van der Waals surface area contributed by atoms with Gasteiger partial charge in [0.25, 0.3) is 0 Å². The van der Waals surface area contributed by atoms with E-state index < -0.39 is 0 Å². The van der Waals surface area contributed by atoms with Gasteiger partial charge in [-0.05, 0) is 30.7 Å². The molecule has 1 aromatic heterocycles. The average molecular weight is 259 g/mol. The monoisotopic (exact) mass is 259 g/mol. The lowest BCUT2D eigenvalue weighted by molar-refractivity contribution is -0.115. The van der Waals surface area contributed by atoms with Crippen molar-refractivity contribution >= 4 is 27.9 Å². The van der Waals surface area contributed by atoms with Crippen LogP contribution in [0, 0.1) is 6.92 Å². The third-order valence-corrected chi connectivity index (χ3v) is 4.22. The van der Waals surface area contributed by atoms with Gasteiger partial charge in [0.2, 0.25) is 5.91 Å². The van der Waals surface area contributed by atoms with Crippen LogP contribution in [0.5, 0.6) is 0 Å². The number of nitrogens with zero attached hydrogens (tertiary/aromatic N) is 1. The molecule has 2 aromatic rings. The van der Waals surface area contributed by atoms with Crippen molar-refractivity contribution in [2.24, 2.45) is 0 Å². The third-order valence-electron chi connectivity index (χ3n) is 3.00. The molecule has 4 nitrogen and oxygen atoms in total. The van der Waals surface area contributed by atoms with Crippen LogP contribution in [0.3, 0.4) is 0 Å². The Morgan fingerprint density at radius 2 is 2.28 bits per heavy atom. The van der Waals surface area contributed by atoms with Gasteiger partial charge in [-0.25, -0.2) is 4.98 Å². The maximum absolute atomic E-state index is 11.3. The first-order valence-corrected chi connectivity index (χ1v) is 6.57. The molecule has 18 heavy (non-hydrogen) atoms. The van der Waals surface area contributed by atoms with Crippen LogP contribution in [0.4, 0.5) is 10.7 Å². The van der Waals surface area contributed by atoms with Crippen LogP contribution in [-0.4, -0.2) is 17.9 Å². The molecule has 0 fully saturated rings. The number of benzene rings is 1. The lowest BCUT2D eigenvalue weighted by Gasteiger charge is -2.00. The zero-order valence-electron chi connectivity index (χ0n) is 10.2. The number of carbonyl (C=O) groups is 1. The van der Waals surface area contributed by atoms with E-state index in [2.05, 4.69) is 15.6 Å². The number of carbonyl (C=O) groups excluding carboxylic acids is 1. The van der Waals surface area contributed by atoms with Crippen molar-refractivity contribution in [3.63, 3.8) is 0 Å². The predicted molar refractivity (Wildman–Crippen MR) is 74.2 cm³/mol. The van der Waals surface area contributed by atoms with Crippen molar-refractivity contribution in [3.05, 3.63) is 29.5 Å². The summed E-state index contributed by atoms with van der Waals surface area (Å²) in [6.07, 6.45) is 0.465. The van der Waals surface area contributed by atoms with Gasteiger partial charge in [0.15, 0.2) is 0 Å². The van der Waals surface area contributed by atoms with E-state index in [0.717, 1.165) is 32.5 Å². The largest absolute Gasteiger partial charge is 0.378 e. The highest BCUT2D eigenvalue weighted by Gasteiger charge is 2.18. The first-order valence-electron chi connectivity index (χ1n) is 5.75. The summed E-state index contributed by atoms with van der Waals surface area (Å²) in [6.45, 7) is 1.99. The number of aromatic nitrogens is 1. The molecule has 1 amide bonds. The van der Waals surface area contributed by atoms with Gasteiger partial charge in [0, 0.05) is 18.3 Å². The number of hydrogen-bond donors (Lipinski definition) is 2. The Hall–Kier alpha value is -1.88. The predicted octanol–water partition coefficient (Wildman–Crippen LogP) is 2.65. The molecule has 0 spiro atoms. The fraction of sp³-hybridized carbons (Fsp3) is 0.231. The summed E-state index contributed by atoms with van der Waals surface area (Å²) >= 11 is 1.63. The van der Waals surface area contributed by atoms with Crippen LogP contribution in [0.2, 0.25) is 0 Å². The molecule has 0 aliphatic carbocycles. The quantitative estimate of drug-likeness (QED) is 0.871. The van der Waals surface area contributed by atoms with E-state index in [1.54, 1.807) is 11.3 Å². The van der Waals surface area contributed by atoms with Gasteiger partial charge in [-0.3, -0.25) is 4.79 Å². The van der Waals surface area contributed by atoms with E-state index >= 15 is 0 Å². The lowest BCUT2D eigenvalue weighted by Crippen LogP contribution is -2.03. The van der Waals surface area contributed by atoms with Crippen LogP contribution >= 0.6 is 11.3 Å². The minimum Gasteiger partial charge on any atom is -0.378 e. The average Bonchev–Trinajstić information content (AvgIpc) is 2.89. The summed E-state index contributed by atoms with van der Waals surface area (Å²) in [5, 5.41) is 8.04.